The van der Waals surface area contributed by atoms with Gasteiger partial charge in [0.15, 0.2) is 0 Å². The molecule has 0 saturated carbocycles. The average molecular weight is 255 g/mol. The smallest absolute Gasteiger partial charge is 0.423 e. The fourth-order valence-electron chi connectivity index (χ4n) is 2.06. The number of benzene rings is 2. The second-order valence-corrected chi connectivity index (χ2v) is 4.52. The van der Waals surface area contributed by atoms with E-state index in [9.17, 15) is 10.0 Å². The first kappa shape index (κ1) is 13.7. The zero-order valence-corrected chi connectivity index (χ0v) is 11.2. The average Bonchev–Trinajstić information content (AvgIpc) is 2.46. The lowest BCUT2D eigenvalue weighted by atomic mass is 9.75. The van der Waals surface area contributed by atoms with Crippen molar-refractivity contribution in [2.24, 2.45) is 0 Å². The summed E-state index contributed by atoms with van der Waals surface area (Å²) in [5.41, 5.74) is 3.51. The molecule has 0 aliphatic heterocycles. The summed E-state index contributed by atoms with van der Waals surface area (Å²) in [6.45, 7) is 3.05. The van der Waals surface area contributed by atoms with Gasteiger partial charge in [0.1, 0.15) is 0 Å². The maximum absolute atomic E-state index is 9.39. The third-order valence-corrected chi connectivity index (χ3v) is 3.33. The summed E-state index contributed by atoms with van der Waals surface area (Å²) in [7, 11) is 0.592. The quantitative estimate of drug-likeness (QED) is 0.813. The van der Waals surface area contributed by atoms with Crippen molar-refractivity contribution in [1.82, 2.24) is 0 Å². The molecule has 2 rings (SSSR count). The maximum Gasteiger partial charge on any atom is 0.489 e. The standard InChI is InChI=1S/C15H18BNO2/c1-3-17(2)13-10-8-12(9-11-13)14-6-4-5-7-15(14)16(18)19/h4-11,18-19H,3H2,1-2H3. The molecule has 0 aliphatic carbocycles. The Balaban J connectivity index is 2.37. The highest BCUT2D eigenvalue weighted by Crippen LogP contribution is 2.21. The van der Waals surface area contributed by atoms with Crippen molar-refractivity contribution >= 4 is 18.3 Å². The Kier molecular flexibility index (Phi) is 4.25. The zero-order valence-electron chi connectivity index (χ0n) is 11.2. The van der Waals surface area contributed by atoms with Crippen LogP contribution in [0.2, 0.25) is 0 Å². The lowest BCUT2D eigenvalue weighted by molar-refractivity contribution is 0.426. The van der Waals surface area contributed by atoms with Crippen molar-refractivity contribution in [3.63, 3.8) is 0 Å². The van der Waals surface area contributed by atoms with Crippen LogP contribution in [0.15, 0.2) is 48.5 Å². The molecule has 4 heteroatoms. The summed E-state index contributed by atoms with van der Waals surface area (Å²) in [5, 5.41) is 18.8. The molecule has 0 fully saturated rings. The molecule has 2 aromatic carbocycles. The minimum absolute atomic E-state index is 0.527. The second-order valence-electron chi connectivity index (χ2n) is 4.52. The minimum Gasteiger partial charge on any atom is -0.423 e. The molecule has 3 nitrogen and oxygen atoms in total. The first-order chi connectivity index (χ1) is 9.13. The maximum atomic E-state index is 9.39. The van der Waals surface area contributed by atoms with Crippen molar-refractivity contribution in [2.75, 3.05) is 18.5 Å². The summed E-state index contributed by atoms with van der Waals surface area (Å²) in [6, 6.07) is 15.4. The Morgan fingerprint density at radius 3 is 2.21 bits per heavy atom. The second kappa shape index (κ2) is 5.91. The molecule has 0 aliphatic rings. The fraction of sp³-hybridized carbons (Fsp3) is 0.200. The fourth-order valence-corrected chi connectivity index (χ4v) is 2.06. The summed E-state index contributed by atoms with van der Waals surface area (Å²) >= 11 is 0. The Bertz CT molecular complexity index is 540. The normalized spacial score (nSPS) is 10.3. The highest BCUT2D eigenvalue weighted by Gasteiger charge is 2.16. The van der Waals surface area contributed by atoms with Gasteiger partial charge in [-0.2, -0.15) is 0 Å². The molecule has 0 radical (unpaired) electrons. The predicted molar refractivity (Wildman–Crippen MR) is 80.6 cm³/mol. The number of anilines is 1. The van der Waals surface area contributed by atoms with Crippen LogP contribution in [0.1, 0.15) is 6.92 Å². The molecule has 0 amide bonds. The van der Waals surface area contributed by atoms with Gasteiger partial charge in [-0.15, -0.1) is 0 Å². The highest BCUT2D eigenvalue weighted by molar-refractivity contribution is 6.60. The Morgan fingerprint density at radius 1 is 1.00 bits per heavy atom. The minimum atomic E-state index is -1.45. The van der Waals surface area contributed by atoms with Gasteiger partial charge in [0.25, 0.3) is 0 Å². The summed E-state index contributed by atoms with van der Waals surface area (Å²) < 4.78 is 0. The zero-order chi connectivity index (χ0) is 13.8. The largest absolute Gasteiger partial charge is 0.489 e. The highest BCUT2D eigenvalue weighted by atomic mass is 16.4. The van der Waals surface area contributed by atoms with Gasteiger partial charge in [-0.1, -0.05) is 36.4 Å². The van der Waals surface area contributed by atoms with E-state index in [0.29, 0.717) is 5.46 Å². The van der Waals surface area contributed by atoms with Gasteiger partial charge in [-0.25, -0.2) is 0 Å². The molecule has 0 spiro atoms. The van der Waals surface area contributed by atoms with Crippen LogP contribution in [-0.4, -0.2) is 30.8 Å². The lowest BCUT2D eigenvalue weighted by Crippen LogP contribution is -2.31. The van der Waals surface area contributed by atoms with Gasteiger partial charge in [0, 0.05) is 19.3 Å². The van der Waals surface area contributed by atoms with Gasteiger partial charge < -0.3 is 14.9 Å². The van der Waals surface area contributed by atoms with E-state index in [1.54, 1.807) is 12.1 Å². The summed E-state index contributed by atoms with van der Waals surface area (Å²) in [4.78, 5) is 2.15. The van der Waals surface area contributed by atoms with Crippen LogP contribution in [0.3, 0.4) is 0 Å². The van der Waals surface area contributed by atoms with Crippen molar-refractivity contribution < 1.29 is 10.0 Å². The molecule has 0 bridgehead atoms. The topological polar surface area (TPSA) is 43.7 Å². The molecule has 2 aromatic rings. The number of nitrogens with zero attached hydrogens (tertiary/aromatic N) is 1. The van der Waals surface area contributed by atoms with Gasteiger partial charge in [0.2, 0.25) is 0 Å². The van der Waals surface area contributed by atoms with Crippen LogP contribution in [-0.2, 0) is 0 Å². The Morgan fingerprint density at radius 2 is 1.63 bits per heavy atom. The van der Waals surface area contributed by atoms with Crippen molar-refractivity contribution in [3.05, 3.63) is 48.5 Å². The van der Waals surface area contributed by atoms with E-state index in [2.05, 4.69) is 11.8 Å². The predicted octanol–water partition coefficient (Wildman–Crippen LogP) is 1.49. The summed E-state index contributed by atoms with van der Waals surface area (Å²) in [6.07, 6.45) is 0. The molecule has 0 unspecified atom stereocenters. The third-order valence-electron chi connectivity index (χ3n) is 3.33. The Labute approximate surface area is 114 Å². The van der Waals surface area contributed by atoms with Crippen LogP contribution in [0.25, 0.3) is 11.1 Å². The van der Waals surface area contributed by atoms with Gasteiger partial charge in [-0.05, 0) is 35.6 Å². The van der Waals surface area contributed by atoms with Gasteiger partial charge in [0.05, 0.1) is 0 Å². The van der Waals surface area contributed by atoms with Gasteiger partial charge in [-0.3, -0.25) is 0 Å². The molecule has 0 aromatic heterocycles. The SMILES string of the molecule is CCN(C)c1ccc(-c2ccccc2B(O)O)cc1. The van der Waals surface area contributed by atoms with Crippen LogP contribution < -0.4 is 10.4 Å². The van der Waals surface area contributed by atoms with Gasteiger partial charge >= 0.3 is 7.12 Å². The molecular weight excluding hydrogens is 237 g/mol. The molecule has 19 heavy (non-hydrogen) atoms. The van der Waals surface area contributed by atoms with E-state index >= 15 is 0 Å². The van der Waals surface area contributed by atoms with E-state index in [0.717, 1.165) is 23.4 Å². The first-order valence-corrected chi connectivity index (χ1v) is 6.40. The van der Waals surface area contributed by atoms with Crippen LogP contribution >= 0.6 is 0 Å². The van der Waals surface area contributed by atoms with E-state index in [-0.39, 0.29) is 0 Å². The molecule has 0 saturated heterocycles. The van der Waals surface area contributed by atoms with Crippen molar-refractivity contribution in [2.45, 2.75) is 6.92 Å². The lowest BCUT2D eigenvalue weighted by Gasteiger charge is -2.17. The van der Waals surface area contributed by atoms with E-state index < -0.39 is 7.12 Å². The van der Waals surface area contributed by atoms with E-state index in [1.807, 2.05) is 43.4 Å². The first-order valence-electron chi connectivity index (χ1n) is 6.40. The molecule has 0 atom stereocenters. The molecule has 0 heterocycles. The third kappa shape index (κ3) is 2.97. The Hall–Kier alpha value is -1.78. The number of hydrogen-bond acceptors (Lipinski definition) is 3. The van der Waals surface area contributed by atoms with Crippen LogP contribution in [0.5, 0.6) is 0 Å². The van der Waals surface area contributed by atoms with E-state index in [1.165, 1.54) is 0 Å². The van der Waals surface area contributed by atoms with Crippen LogP contribution in [0.4, 0.5) is 5.69 Å². The molecule has 2 N–H and O–H groups in total. The molecular formula is C15H18BNO2. The van der Waals surface area contributed by atoms with Crippen molar-refractivity contribution in [1.29, 1.82) is 0 Å². The monoisotopic (exact) mass is 255 g/mol. The number of rotatable bonds is 4. The number of hydrogen-bond donors (Lipinski definition) is 2. The summed E-state index contributed by atoms with van der Waals surface area (Å²) in [5.74, 6) is 0. The van der Waals surface area contributed by atoms with E-state index in [4.69, 9.17) is 0 Å². The molecule has 98 valence electrons. The van der Waals surface area contributed by atoms with Crippen molar-refractivity contribution in [3.8, 4) is 11.1 Å². The van der Waals surface area contributed by atoms with Crippen LogP contribution in [0, 0.1) is 0 Å².